The van der Waals surface area contributed by atoms with Crippen LogP contribution in [0.3, 0.4) is 0 Å². The Morgan fingerprint density at radius 1 is 0.895 bits per heavy atom. The van der Waals surface area contributed by atoms with Crippen LogP contribution in [0.4, 0.5) is 0 Å². The van der Waals surface area contributed by atoms with E-state index in [1.807, 2.05) is 7.05 Å². The van der Waals surface area contributed by atoms with Gasteiger partial charge in [0.15, 0.2) is 0 Å². The Morgan fingerprint density at radius 2 is 1.42 bits per heavy atom. The number of benzene rings is 2. The molecule has 2 aromatic rings. The lowest BCUT2D eigenvalue weighted by atomic mass is 9.96. The molecule has 0 amide bonds. The van der Waals surface area contributed by atoms with Crippen molar-refractivity contribution in [2.45, 2.75) is 12.8 Å². The predicted molar refractivity (Wildman–Crippen MR) is 83.1 cm³/mol. The SMILES string of the molecule is CNCCCC=C(c1ccccc1)c1ccccc1. The van der Waals surface area contributed by atoms with Crippen LogP contribution in [-0.4, -0.2) is 13.6 Å². The number of unbranched alkanes of at least 4 members (excludes halogenated alkanes) is 1. The highest BCUT2D eigenvalue weighted by Gasteiger charge is 2.03. The molecule has 1 heteroatoms. The van der Waals surface area contributed by atoms with Crippen molar-refractivity contribution in [2.24, 2.45) is 0 Å². The minimum Gasteiger partial charge on any atom is -0.320 e. The molecule has 19 heavy (non-hydrogen) atoms. The Bertz CT molecular complexity index is 458. The highest BCUT2D eigenvalue weighted by molar-refractivity contribution is 5.79. The number of hydrogen-bond acceptors (Lipinski definition) is 1. The number of allylic oxidation sites excluding steroid dienone is 1. The first kappa shape index (κ1) is 13.6. The molecule has 0 aliphatic carbocycles. The van der Waals surface area contributed by atoms with E-state index < -0.39 is 0 Å². The predicted octanol–water partition coefficient (Wildman–Crippen LogP) is 4.12. The average molecular weight is 251 g/mol. The molecule has 0 aliphatic rings. The number of hydrogen-bond donors (Lipinski definition) is 1. The van der Waals surface area contributed by atoms with Crippen molar-refractivity contribution in [3.63, 3.8) is 0 Å². The summed E-state index contributed by atoms with van der Waals surface area (Å²) in [5.74, 6) is 0. The summed E-state index contributed by atoms with van der Waals surface area (Å²) in [6.45, 7) is 1.06. The maximum Gasteiger partial charge on any atom is -0.00490 e. The van der Waals surface area contributed by atoms with E-state index in [-0.39, 0.29) is 0 Å². The van der Waals surface area contributed by atoms with Gasteiger partial charge in [-0.3, -0.25) is 0 Å². The van der Waals surface area contributed by atoms with Gasteiger partial charge >= 0.3 is 0 Å². The van der Waals surface area contributed by atoms with Crippen molar-refractivity contribution >= 4 is 5.57 Å². The zero-order valence-corrected chi connectivity index (χ0v) is 11.5. The van der Waals surface area contributed by atoms with E-state index in [2.05, 4.69) is 72.1 Å². The fourth-order valence-electron chi connectivity index (χ4n) is 2.16. The van der Waals surface area contributed by atoms with Crippen LogP contribution in [0.1, 0.15) is 24.0 Å². The third-order valence-electron chi connectivity index (χ3n) is 3.15. The van der Waals surface area contributed by atoms with Gasteiger partial charge in [0, 0.05) is 0 Å². The third kappa shape index (κ3) is 4.08. The summed E-state index contributed by atoms with van der Waals surface area (Å²) in [4.78, 5) is 0. The largest absolute Gasteiger partial charge is 0.320 e. The molecular weight excluding hydrogens is 230 g/mol. The number of rotatable bonds is 6. The molecule has 2 rings (SSSR count). The van der Waals surface area contributed by atoms with Gasteiger partial charge in [-0.2, -0.15) is 0 Å². The van der Waals surface area contributed by atoms with Crippen LogP contribution in [0, 0.1) is 0 Å². The maximum absolute atomic E-state index is 3.19. The topological polar surface area (TPSA) is 12.0 Å². The van der Waals surface area contributed by atoms with Crippen molar-refractivity contribution < 1.29 is 0 Å². The Kier molecular flexibility index (Phi) is 5.39. The molecule has 0 saturated carbocycles. The molecule has 1 N–H and O–H groups in total. The van der Waals surface area contributed by atoms with Gasteiger partial charge in [0.1, 0.15) is 0 Å². The fourth-order valence-corrected chi connectivity index (χ4v) is 2.16. The first-order valence-corrected chi connectivity index (χ1v) is 6.87. The molecule has 0 fully saturated rings. The van der Waals surface area contributed by atoms with Crippen LogP contribution in [0.25, 0.3) is 5.57 Å². The average Bonchev–Trinajstić information content (AvgIpc) is 2.49. The third-order valence-corrected chi connectivity index (χ3v) is 3.15. The molecule has 0 saturated heterocycles. The molecule has 0 unspecified atom stereocenters. The van der Waals surface area contributed by atoms with Gasteiger partial charge in [-0.15, -0.1) is 0 Å². The minimum atomic E-state index is 1.06. The normalized spacial score (nSPS) is 10.2. The van der Waals surface area contributed by atoms with Gasteiger partial charge < -0.3 is 5.32 Å². The standard InChI is InChI=1S/C18H21N/c1-19-15-9-8-14-18(16-10-4-2-5-11-16)17-12-6-3-7-13-17/h2-7,10-14,19H,8-9,15H2,1H3. The second-order valence-electron chi connectivity index (χ2n) is 4.60. The molecule has 0 bridgehead atoms. The van der Waals surface area contributed by atoms with E-state index in [0.717, 1.165) is 13.0 Å². The van der Waals surface area contributed by atoms with Crippen molar-refractivity contribution in [1.29, 1.82) is 0 Å². The highest BCUT2D eigenvalue weighted by atomic mass is 14.8. The lowest BCUT2D eigenvalue weighted by Crippen LogP contribution is -2.06. The van der Waals surface area contributed by atoms with Crippen LogP contribution >= 0.6 is 0 Å². The van der Waals surface area contributed by atoms with Crippen LogP contribution in [0.5, 0.6) is 0 Å². The van der Waals surface area contributed by atoms with E-state index in [0.29, 0.717) is 0 Å². The maximum atomic E-state index is 3.19. The van der Waals surface area contributed by atoms with E-state index >= 15 is 0 Å². The van der Waals surface area contributed by atoms with E-state index in [1.165, 1.54) is 23.1 Å². The Balaban J connectivity index is 2.24. The van der Waals surface area contributed by atoms with Crippen molar-refractivity contribution in [1.82, 2.24) is 5.32 Å². The van der Waals surface area contributed by atoms with Crippen LogP contribution in [0.2, 0.25) is 0 Å². The van der Waals surface area contributed by atoms with E-state index in [9.17, 15) is 0 Å². The molecule has 0 heterocycles. The molecule has 0 spiro atoms. The minimum absolute atomic E-state index is 1.06. The van der Waals surface area contributed by atoms with Gasteiger partial charge in [-0.1, -0.05) is 66.7 Å². The second kappa shape index (κ2) is 7.55. The zero-order chi connectivity index (χ0) is 13.3. The van der Waals surface area contributed by atoms with E-state index in [4.69, 9.17) is 0 Å². The summed E-state index contributed by atoms with van der Waals surface area (Å²) >= 11 is 0. The molecule has 98 valence electrons. The van der Waals surface area contributed by atoms with Crippen LogP contribution < -0.4 is 5.32 Å². The second-order valence-corrected chi connectivity index (χ2v) is 4.60. The van der Waals surface area contributed by atoms with E-state index in [1.54, 1.807) is 0 Å². The van der Waals surface area contributed by atoms with Crippen LogP contribution in [0.15, 0.2) is 66.7 Å². The molecule has 1 nitrogen and oxygen atoms in total. The van der Waals surface area contributed by atoms with Crippen molar-refractivity contribution in [2.75, 3.05) is 13.6 Å². The summed E-state index contributed by atoms with van der Waals surface area (Å²) in [5.41, 5.74) is 3.91. The van der Waals surface area contributed by atoms with Crippen LogP contribution in [-0.2, 0) is 0 Å². The zero-order valence-electron chi connectivity index (χ0n) is 11.5. The van der Waals surface area contributed by atoms with Gasteiger partial charge in [-0.25, -0.2) is 0 Å². The lowest BCUT2D eigenvalue weighted by Gasteiger charge is -2.08. The summed E-state index contributed by atoms with van der Waals surface area (Å²) in [6, 6.07) is 21.2. The molecule has 0 radical (unpaired) electrons. The van der Waals surface area contributed by atoms with Gasteiger partial charge in [0.25, 0.3) is 0 Å². The fraction of sp³-hybridized carbons (Fsp3) is 0.222. The van der Waals surface area contributed by atoms with Gasteiger partial charge in [0.2, 0.25) is 0 Å². The molecule has 0 aromatic heterocycles. The van der Waals surface area contributed by atoms with Gasteiger partial charge in [0.05, 0.1) is 0 Å². The first-order valence-electron chi connectivity index (χ1n) is 6.87. The smallest absolute Gasteiger partial charge is 0.00490 e. The molecule has 0 atom stereocenters. The monoisotopic (exact) mass is 251 g/mol. The highest BCUT2D eigenvalue weighted by Crippen LogP contribution is 2.23. The molecular formula is C18H21N. The Morgan fingerprint density at radius 3 is 1.89 bits per heavy atom. The van der Waals surface area contributed by atoms with Crippen molar-refractivity contribution in [3.05, 3.63) is 77.9 Å². The summed E-state index contributed by atoms with van der Waals surface area (Å²) < 4.78 is 0. The lowest BCUT2D eigenvalue weighted by molar-refractivity contribution is 0.736. The summed E-state index contributed by atoms with van der Waals surface area (Å²) in [7, 11) is 2.00. The summed E-state index contributed by atoms with van der Waals surface area (Å²) in [5, 5.41) is 3.19. The van der Waals surface area contributed by atoms with Crippen molar-refractivity contribution in [3.8, 4) is 0 Å². The quantitative estimate of drug-likeness (QED) is 0.762. The molecule has 2 aromatic carbocycles. The van der Waals surface area contributed by atoms with Gasteiger partial charge in [-0.05, 0) is 43.1 Å². The summed E-state index contributed by atoms with van der Waals surface area (Å²) in [6.07, 6.45) is 4.61. The Labute approximate surface area is 116 Å². The first-order chi connectivity index (χ1) is 9.42. The number of nitrogens with one attached hydrogen (secondary N) is 1. The molecule has 0 aliphatic heterocycles. The Hall–Kier alpha value is -1.86.